The highest BCUT2D eigenvalue weighted by Gasteiger charge is 2.56. The highest BCUT2D eigenvalue weighted by molar-refractivity contribution is 7.26. The summed E-state index contributed by atoms with van der Waals surface area (Å²) in [5.41, 5.74) is 19.4. The van der Waals surface area contributed by atoms with Crippen LogP contribution in [0.3, 0.4) is 0 Å². The Kier molecular flexibility index (Phi) is 6.94. The lowest BCUT2D eigenvalue weighted by Gasteiger charge is -2.52. The van der Waals surface area contributed by atoms with Gasteiger partial charge in [-0.1, -0.05) is 183 Å². The van der Waals surface area contributed by atoms with Crippen LogP contribution in [-0.2, 0) is 10.8 Å². The fraction of sp³-hybridized carbons (Fsp3) is 0.100. The molecule has 4 aliphatic rings. The fourth-order valence-corrected chi connectivity index (χ4v) is 19.7. The van der Waals surface area contributed by atoms with Gasteiger partial charge < -0.3 is 4.90 Å². The lowest BCUT2D eigenvalue weighted by atomic mass is 9.52. The second-order valence-electron chi connectivity index (χ2n) is 18.9. The highest BCUT2D eigenvalue weighted by Crippen LogP contribution is 2.65. The van der Waals surface area contributed by atoms with Gasteiger partial charge in [0.1, 0.15) is 0 Å². The molecule has 10 aromatic rings. The molecule has 2 spiro atoms. The lowest BCUT2D eigenvalue weighted by molar-refractivity contribution is 0.556. The third-order valence-electron chi connectivity index (χ3n) is 15.4. The zero-order valence-corrected chi connectivity index (χ0v) is 37.6. The van der Waals surface area contributed by atoms with Gasteiger partial charge in [0.05, 0.1) is 16.8 Å². The number of thiophene rings is 1. The summed E-state index contributed by atoms with van der Waals surface area (Å²) in [6.07, 6.45) is 0. The van der Waals surface area contributed by atoms with Crippen molar-refractivity contribution in [1.82, 2.24) is 0 Å². The standard InChI is InChI=1S/C60H43NSSi/c1-36-25-29-44-48(33-36)60(49-34-37(2)26-30-45(49)59(44,3)4)46-19-9-10-20-50(46)61(58-47(60)31-32-52-57(58)43-18-5-11-21-51(43)62-52)38-27-28-42-41-17-8-14-24-55(41)63(56(42)35-38)53-22-12-6-15-39(53)40-16-7-13-23-54(40)63/h5-35H,1-4H3. The van der Waals surface area contributed by atoms with Crippen LogP contribution in [0.15, 0.2) is 188 Å². The topological polar surface area (TPSA) is 3.24 Å². The van der Waals surface area contributed by atoms with Gasteiger partial charge >= 0.3 is 0 Å². The van der Waals surface area contributed by atoms with Crippen molar-refractivity contribution in [2.24, 2.45) is 0 Å². The minimum atomic E-state index is -2.70. The molecule has 1 aromatic heterocycles. The first-order valence-corrected chi connectivity index (χ1v) is 25.2. The summed E-state index contributed by atoms with van der Waals surface area (Å²) < 4.78 is 2.64. The molecule has 0 radical (unpaired) electrons. The maximum absolute atomic E-state index is 2.70. The van der Waals surface area contributed by atoms with Crippen LogP contribution in [0.1, 0.15) is 58.4 Å². The second-order valence-corrected chi connectivity index (χ2v) is 23.6. The zero-order valence-electron chi connectivity index (χ0n) is 35.8. The van der Waals surface area contributed by atoms with Gasteiger partial charge in [-0.25, -0.2) is 0 Å². The van der Waals surface area contributed by atoms with E-state index in [0.717, 1.165) is 0 Å². The van der Waals surface area contributed by atoms with Gasteiger partial charge in [-0.3, -0.25) is 0 Å². The first kappa shape index (κ1) is 35.8. The fourth-order valence-electron chi connectivity index (χ4n) is 13.0. The Balaban J connectivity index is 1.15. The number of rotatable bonds is 1. The summed E-state index contributed by atoms with van der Waals surface area (Å²) in [6, 6.07) is 73.4. The Morgan fingerprint density at radius 2 is 0.968 bits per heavy atom. The third-order valence-corrected chi connectivity index (χ3v) is 21.5. The summed E-state index contributed by atoms with van der Waals surface area (Å²) in [6.45, 7) is 9.40. The monoisotopic (exact) mass is 837 g/mol. The van der Waals surface area contributed by atoms with Gasteiger partial charge in [-0.15, -0.1) is 11.3 Å². The molecule has 1 nitrogen and oxygen atoms in total. The Hall–Kier alpha value is -6.78. The summed E-state index contributed by atoms with van der Waals surface area (Å²) in [4.78, 5) is 2.68. The largest absolute Gasteiger partial charge is 0.309 e. The minimum absolute atomic E-state index is 0.190. The number of nitrogens with zero attached hydrogens (tertiary/aromatic N) is 1. The van der Waals surface area contributed by atoms with Crippen molar-refractivity contribution < 1.29 is 0 Å². The van der Waals surface area contributed by atoms with Crippen LogP contribution in [0.25, 0.3) is 42.4 Å². The molecule has 3 heteroatoms. The predicted molar refractivity (Wildman–Crippen MR) is 269 cm³/mol. The molecular formula is C60H43NSSi. The Labute approximate surface area is 373 Å². The quantitative estimate of drug-likeness (QED) is 0.149. The Morgan fingerprint density at radius 1 is 0.429 bits per heavy atom. The van der Waals surface area contributed by atoms with E-state index in [1.807, 2.05) is 11.3 Å². The summed E-state index contributed by atoms with van der Waals surface area (Å²) in [7, 11) is -2.70. The van der Waals surface area contributed by atoms with Crippen molar-refractivity contribution in [3.05, 3.63) is 233 Å². The first-order valence-electron chi connectivity index (χ1n) is 22.3. The van der Waals surface area contributed by atoms with Crippen LogP contribution in [0.5, 0.6) is 0 Å². The number of hydrogen-bond donors (Lipinski definition) is 0. The molecule has 0 unspecified atom stereocenters. The van der Waals surface area contributed by atoms with Gasteiger partial charge in [-0.2, -0.15) is 0 Å². The van der Waals surface area contributed by atoms with Gasteiger partial charge in [0.15, 0.2) is 8.07 Å². The van der Waals surface area contributed by atoms with Crippen molar-refractivity contribution >= 4 is 77.4 Å². The molecule has 0 fully saturated rings. The molecule has 4 heterocycles. The smallest absolute Gasteiger partial charge is 0.182 e. The molecule has 0 saturated carbocycles. The predicted octanol–water partition coefficient (Wildman–Crippen LogP) is 12.8. The van der Waals surface area contributed by atoms with E-state index in [9.17, 15) is 0 Å². The molecule has 14 rings (SSSR count). The molecule has 0 atom stereocenters. The molecule has 0 bridgehead atoms. The van der Waals surface area contributed by atoms with Crippen molar-refractivity contribution in [2.75, 3.05) is 4.90 Å². The summed E-state index contributed by atoms with van der Waals surface area (Å²) in [5, 5.41) is 8.65. The van der Waals surface area contributed by atoms with E-state index in [1.54, 1.807) is 0 Å². The van der Waals surface area contributed by atoms with E-state index in [0.29, 0.717) is 0 Å². The van der Waals surface area contributed by atoms with E-state index in [2.05, 4.69) is 221 Å². The van der Waals surface area contributed by atoms with Crippen LogP contribution >= 0.6 is 11.3 Å². The summed E-state index contributed by atoms with van der Waals surface area (Å²) in [5.74, 6) is 0. The lowest BCUT2D eigenvalue weighted by Crippen LogP contribution is -2.70. The molecule has 298 valence electrons. The first-order chi connectivity index (χ1) is 30.8. The highest BCUT2D eigenvalue weighted by atomic mass is 32.1. The Morgan fingerprint density at radius 3 is 1.62 bits per heavy atom. The zero-order chi connectivity index (χ0) is 42.0. The number of para-hydroxylation sites is 1. The minimum Gasteiger partial charge on any atom is -0.309 e. The van der Waals surface area contributed by atoms with Crippen LogP contribution < -0.4 is 25.6 Å². The van der Waals surface area contributed by atoms with Crippen molar-refractivity contribution in [1.29, 1.82) is 0 Å². The number of aryl methyl sites for hydroxylation is 2. The molecule has 63 heavy (non-hydrogen) atoms. The van der Waals surface area contributed by atoms with Crippen molar-refractivity contribution in [3.63, 3.8) is 0 Å². The number of hydrogen-bond acceptors (Lipinski definition) is 2. The SMILES string of the molecule is Cc1ccc2c(c1)C1(c3ccccc3N(c3ccc4c(c3)[Si]3(c5ccccc5-c5ccccc53)c3ccccc3-4)c3c1ccc1sc4ccccc4c31)c1cc(C)ccc1C2(C)C. The van der Waals surface area contributed by atoms with E-state index in [-0.39, 0.29) is 5.41 Å². The van der Waals surface area contributed by atoms with Gasteiger partial charge in [0.25, 0.3) is 0 Å². The van der Waals surface area contributed by atoms with E-state index < -0.39 is 13.5 Å². The van der Waals surface area contributed by atoms with Crippen molar-refractivity contribution in [3.8, 4) is 22.3 Å². The maximum atomic E-state index is 2.68. The van der Waals surface area contributed by atoms with E-state index in [1.165, 1.54) is 125 Å². The van der Waals surface area contributed by atoms with Gasteiger partial charge in [0.2, 0.25) is 0 Å². The summed E-state index contributed by atoms with van der Waals surface area (Å²) >= 11 is 1.92. The van der Waals surface area contributed by atoms with Crippen LogP contribution in [0.4, 0.5) is 17.1 Å². The van der Waals surface area contributed by atoms with E-state index in [4.69, 9.17) is 0 Å². The number of benzene rings is 9. The molecule has 9 aromatic carbocycles. The molecule has 3 aliphatic heterocycles. The van der Waals surface area contributed by atoms with Crippen molar-refractivity contribution in [2.45, 2.75) is 38.5 Å². The number of fused-ring (bicyclic) bond motifs is 22. The molecule has 0 N–H and O–H groups in total. The average Bonchev–Trinajstić information content (AvgIpc) is 3.94. The molecule has 0 saturated heterocycles. The normalized spacial score (nSPS) is 16.0. The molecule has 1 aliphatic carbocycles. The average molecular weight is 838 g/mol. The van der Waals surface area contributed by atoms with Crippen LogP contribution in [0, 0.1) is 13.8 Å². The third kappa shape index (κ3) is 4.23. The van der Waals surface area contributed by atoms with Crippen LogP contribution in [0.2, 0.25) is 0 Å². The Bertz CT molecular complexity index is 3540. The van der Waals surface area contributed by atoms with Gasteiger partial charge in [-0.05, 0) is 121 Å². The maximum Gasteiger partial charge on any atom is 0.182 e. The number of anilines is 3. The molecular weight excluding hydrogens is 795 g/mol. The van der Waals surface area contributed by atoms with E-state index >= 15 is 0 Å². The molecule has 0 amide bonds. The van der Waals surface area contributed by atoms with Gasteiger partial charge in [0, 0.05) is 31.3 Å². The second kappa shape index (κ2) is 12.2. The van der Waals surface area contributed by atoms with Crippen LogP contribution in [-0.4, -0.2) is 8.07 Å².